The minimum atomic E-state index is -4.18. The van der Waals surface area contributed by atoms with E-state index in [0.29, 0.717) is 23.0 Å². The van der Waals surface area contributed by atoms with Crippen LogP contribution in [0.15, 0.2) is 121 Å². The van der Waals surface area contributed by atoms with E-state index in [0.717, 1.165) is 0 Å². The summed E-state index contributed by atoms with van der Waals surface area (Å²) in [6, 6.07) is 34.6. The summed E-state index contributed by atoms with van der Waals surface area (Å²) in [6.07, 6.45) is 0.133. The molecule has 38 heavy (non-hydrogen) atoms. The molecule has 204 valence electrons. The maximum atomic E-state index is 14.5. The second kappa shape index (κ2) is 15.4. The summed E-state index contributed by atoms with van der Waals surface area (Å²) in [5.41, 5.74) is 0. The van der Waals surface area contributed by atoms with Crippen LogP contribution in [0, 0.1) is 0 Å². The van der Waals surface area contributed by atoms with E-state index in [4.69, 9.17) is 37.2 Å². The number of hydrogen-bond acceptors (Lipinski definition) is 6. The van der Waals surface area contributed by atoms with Gasteiger partial charge in [0.05, 0.1) is 0 Å². The van der Waals surface area contributed by atoms with Gasteiger partial charge in [0, 0.05) is 0 Å². The molecule has 0 bridgehead atoms. The summed E-state index contributed by atoms with van der Waals surface area (Å²) in [4.78, 5) is 0. The molecule has 0 radical (unpaired) electrons. The van der Waals surface area contributed by atoms with E-state index in [1.54, 1.807) is 104 Å². The van der Waals surface area contributed by atoms with Crippen molar-refractivity contribution in [3.05, 3.63) is 121 Å². The van der Waals surface area contributed by atoms with Crippen molar-refractivity contribution in [2.75, 3.05) is 0 Å². The number of benzene rings is 4. The third-order valence-corrected chi connectivity index (χ3v) is 10.7. The summed E-state index contributed by atoms with van der Waals surface area (Å²) in [5.74, 6) is 1.26. The van der Waals surface area contributed by atoms with Gasteiger partial charge in [-0.2, -0.15) is 0 Å². The standard InChI is InChI=1S/C27H26O6P2.2ClH.Pd/c1-2-27(34(28,30-23-15-7-3-8-16-23)31-24-17-9-4-10-18-24)35(29,32-25-19-11-5-12-20-25)33-26-21-13-6-14-22-26;;;/h3-22,27H,2H2,1H3;2*1H;/q;;;+2/p-2. The van der Waals surface area contributed by atoms with Crippen LogP contribution in [0.25, 0.3) is 0 Å². The first-order chi connectivity index (χ1) is 18.4. The molecule has 4 rings (SSSR count). The molecule has 0 aliphatic rings. The Labute approximate surface area is 239 Å². The van der Waals surface area contributed by atoms with Gasteiger partial charge in [-0.15, -0.1) is 0 Å². The monoisotopic (exact) mass is 684 g/mol. The quantitative estimate of drug-likeness (QED) is 0.116. The molecular weight excluding hydrogens is 660 g/mol. The first-order valence-electron chi connectivity index (χ1n) is 11.4. The summed E-state index contributed by atoms with van der Waals surface area (Å²) in [5, 5.41) is -1.24. The van der Waals surface area contributed by atoms with Gasteiger partial charge in [-0.3, -0.25) is 0 Å². The second-order valence-electron chi connectivity index (χ2n) is 7.63. The Bertz CT molecular complexity index is 1130. The molecule has 0 saturated carbocycles. The molecule has 0 fully saturated rings. The fourth-order valence-corrected chi connectivity index (χ4v) is 8.48. The Hall–Kier alpha value is -2.22. The molecule has 0 N–H and O–H groups in total. The maximum absolute atomic E-state index is 14.5. The molecule has 4 aromatic carbocycles. The van der Waals surface area contributed by atoms with Crippen LogP contribution < -0.4 is 18.1 Å². The molecule has 0 saturated heterocycles. The van der Waals surface area contributed by atoms with Gasteiger partial charge in [-0.25, -0.2) is 9.13 Å². The minimum absolute atomic E-state index is 0.106. The fourth-order valence-electron chi connectivity index (χ4n) is 3.41. The van der Waals surface area contributed by atoms with Gasteiger partial charge in [-0.1, -0.05) is 79.7 Å². The molecule has 0 aliphatic carbocycles. The Kier molecular flexibility index (Phi) is 12.3. The van der Waals surface area contributed by atoms with Gasteiger partial charge in [0.15, 0.2) is 0 Å². The van der Waals surface area contributed by atoms with Crippen LogP contribution in [0.4, 0.5) is 0 Å². The number of rotatable bonds is 11. The van der Waals surface area contributed by atoms with Crippen LogP contribution in [-0.2, 0) is 25.1 Å². The van der Waals surface area contributed by atoms with Gasteiger partial charge in [0.1, 0.15) is 23.0 Å². The van der Waals surface area contributed by atoms with Crippen molar-refractivity contribution >= 4 is 34.2 Å². The molecule has 0 heterocycles. The number of hydrogen-bond donors (Lipinski definition) is 0. The number of para-hydroxylation sites is 4. The van der Waals surface area contributed by atoms with Gasteiger partial charge in [-0.05, 0) is 55.0 Å². The molecule has 0 unspecified atom stereocenters. The van der Waals surface area contributed by atoms with E-state index in [1.165, 1.54) is 0 Å². The van der Waals surface area contributed by atoms with Crippen LogP contribution >= 0.6 is 34.2 Å². The zero-order chi connectivity index (χ0) is 27.3. The first-order valence-corrected chi connectivity index (χ1v) is 18.7. The summed E-state index contributed by atoms with van der Waals surface area (Å²) in [6.45, 7) is 1.75. The number of halogens is 2. The van der Waals surface area contributed by atoms with E-state index in [2.05, 4.69) is 0 Å². The SMILES string of the molecule is CCC(P(=O)(Oc1ccccc1)Oc1ccccc1)P(=O)(Oc1ccccc1)Oc1ccccc1.[Cl][Pd][Cl]. The van der Waals surface area contributed by atoms with E-state index in [9.17, 15) is 9.13 Å². The zero-order valence-electron chi connectivity index (χ0n) is 20.2. The van der Waals surface area contributed by atoms with Crippen molar-refractivity contribution in [2.24, 2.45) is 0 Å². The third-order valence-electron chi connectivity index (χ3n) is 5.00. The fraction of sp³-hybridized carbons (Fsp3) is 0.111. The Morgan fingerprint density at radius 2 is 0.763 bits per heavy atom. The normalized spacial score (nSPS) is 11.3. The van der Waals surface area contributed by atoms with Gasteiger partial charge < -0.3 is 18.1 Å². The molecule has 4 aromatic rings. The molecule has 0 amide bonds. The van der Waals surface area contributed by atoms with Gasteiger partial charge >= 0.3 is 50.2 Å². The predicted molar refractivity (Wildman–Crippen MR) is 149 cm³/mol. The van der Waals surface area contributed by atoms with Crippen LogP contribution in [-0.4, -0.2) is 5.40 Å². The molecular formula is C27H26Cl2O6P2Pd. The summed E-state index contributed by atoms with van der Waals surface area (Å²) >= 11 is -0.106. The van der Waals surface area contributed by atoms with E-state index >= 15 is 0 Å². The topological polar surface area (TPSA) is 71.1 Å². The van der Waals surface area contributed by atoms with E-state index in [-0.39, 0.29) is 22.4 Å². The van der Waals surface area contributed by atoms with Crippen LogP contribution in [0.5, 0.6) is 23.0 Å². The Morgan fingerprint density at radius 3 is 0.947 bits per heavy atom. The first kappa shape index (κ1) is 30.3. The molecule has 0 spiro atoms. The van der Waals surface area contributed by atoms with Crippen LogP contribution in [0.3, 0.4) is 0 Å². The zero-order valence-corrected chi connectivity index (χ0v) is 25.1. The van der Waals surface area contributed by atoms with Crippen molar-refractivity contribution in [2.45, 2.75) is 18.7 Å². The molecule has 0 aromatic heterocycles. The summed E-state index contributed by atoms with van der Waals surface area (Å²) in [7, 11) is 1.26. The van der Waals surface area contributed by atoms with Gasteiger partial charge in [0.25, 0.3) is 0 Å². The third kappa shape index (κ3) is 8.92. The van der Waals surface area contributed by atoms with E-state index < -0.39 is 20.6 Å². The molecule has 0 atom stereocenters. The Balaban J connectivity index is 0.00000127. The average molecular weight is 686 g/mol. The molecule has 6 nitrogen and oxygen atoms in total. The van der Waals surface area contributed by atoms with Crippen molar-refractivity contribution in [1.29, 1.82) is 0 Å². The molecule has 0 aliphatic heterocycles. The molecule has 11 heteroatoms. The van der Waals surface area contributed by atoms with E-state index in [1.807, 2.05) is 24.3 Å². The van der Waals surface area contributed by atoms with Gasteiger partial charge in [0.2, 0.25) is 5.40 Å². The van der Waals surface area contributed by atoms with Crippen molar-refractivity contribution in [3.8, 4) is 23.0 Å². The average Bonchev–Trinajstić information content (AvgIpc) is 2.91. The Morgan fingerprint density at radius 1 is 0.553 bits per heavy atom. The van der Waals surface area contributed by atoms with Crippen LogP contribution in [0.2, 0.25) is 0 Å². The second-order valence-corrected chi connectivity index (χ2v) is 14.5. The van der Waals surface area contributed by atoms with Crippen molar-refractivity contribution in [3.63, 3.8) is 0 Å². The summed E-state index contributed by atoms with van der Waals surface area (Å²) < 4.78 is 53.0. The van der Waals surface area contributed by atoms with Crippen LogP contribution in [0.1, 0.15) is 13.3 Å². The predicted octanol–water partition coefficient (Wildman–Crippen LogP) is 9.80. The van der Waals surface area contributed by atoms with Crippen molar-refractivity contribution < 1.29 is 43.2 Å². The van der Waals surface area contributed by atoms with Crippen molar-refractivity contribution in [1.82, 2.24) is 0 Å².